The first kappa shape index (κ1) is 15.4. The van der Waals surface area contributed by atoms with Gasteiger partial charge in [0.05, 0.1) is 4.92 Å². The van der Waals surface area contributed by atoms with Crippen LogP contribution in [0.5, 0.6) is 0 Å². The molecule has 1 atom stereocenters. The number of nitrogens with two attached hydrogens (primary N) is 1. The van der Waals surface area contributed by atoms with Crippen molar-refractivity contribution in [2.24, 2.45) is 5.84 Å². The van der Waals surface area contributed by atoms with E-state index < -0.39 is 4.92 Å². The maximum absolute atomic E-state index is 10.9. The standard InChI is InChI=1S/C14H18N4O2S/c1-10(14-4-3-7-21-14)17(2)9-11-5-6-13(18(19)20)12(8-11)16-15/h3-8,10,16H,9,15H2,1-2H3. The fraction of sp³-hybridized carbons (Fsp3) is 0.286. The minimum atomic E-state index is -0.447. The molecule has 2 aromatic rings. The fourth-order valence-electron chi connectivity index (χ4n) is 2.13. The second-order valence-corrected chi connectivity index (χ2v) is 5.84. The molecule has 1 aromatic carbocycles. The van der Waals surface area contributed by atoms with E-state index >= 15 is 0 Å². The number of nitro benzene ring substituents is 1. The van der Waals surface area contributed by atoms with Crippen LogP contribution in [0.3, 0.4) is 0 Å². The highest BCUT2D eigenvalue weighted by Gasteiger charge is 2.16. The quantitative estimate of drug-likeness (QED) is 0.486. The Morgan fingerprint density at radius 2 is 2.24 bits per heavy atom. The first-order chi connectivity index (χ1) is 10.0. The maximum Gasteiger partial charge on any atom is 0.293 e. The van der Waals surface area contributed by atoms with E-state index in [4.69, 9.17) is 5.84 Å². The van der Waals surface area contributed by atoms with Gasteiger partial charge in [-0.05, 0) is 37.0 Å². The van der Waals surface area contributed by atoms with Gasteiger partial charge in [0.25, 0.3) is 5.69 Å². The number of benzene rings is 1. The lowest BCUT2D eigenvalue weighted by atomic mass is 10.1. The van der Waals surface area contributed by atoms with E-state index in [-0.39, 0.29) is 11.7 Å². The number of nitrogens with zero attached hydrogens (tertiary/aromatic N) is 2. The van der Waals surface area contributed by atoms with E-state index in [0.717, 1.165) is 5.56 Å². The van der Waals surface area contributed by atoms with Crippen molar-refractivity contribution in [3.05, 3.63) is 56.3 Å². The van der Waals surface area contributed by atoms with Crippen LogP contribution in [0.15, 0.2) is 35.7 Å². The van der Waals surface area contributed by atoms with Crippen molar-refractivity contribution in [3.63, 3.8) is 0 Å². The van der Waals surface area contributed by atoms with E-state index in [9.17, 15) is 10.1 Å². The number of hydrogen-bond acceptors (Lipinski definition) is 6. The summed E-state index contributed by atoms with van der Waals surface area (Å²) in [5.41, 5.74) is 3.67. The van der Waals surface area contributed by atoms with Crippen LogP contribution in [0.4, 0.5) is 11.4 Å². The summed E-state index contributed by atoms with van der Waals surface area (Å²) < 4.78 is 0. The van der Waals surface area contributed by atoms with Crippen LogP contribution in [0, 0.1) is 10.1 Å². The van der Waals surface area contributed by atoms with Gasteiger partial charge < -0.3 is 5.43 Å². The molecule has 0 amide bonds. The van der Waals surface area contributed by atoms with Crippen LogP contribution < -0.4 is 11.3 Å². The second kappa shape index (κ2) is 6.66. The van der Waals surface area contributed by atoms with Gasteiger partial charge >= 0.3 is 0 Å². The zero-order valence-corrected chi connectivity index (χ0v) is 12.8. The van der Waals surface area contributed by atoms with E-state index in [1.54, 1.807) is 23.5 Å². The normalized spacial score (nSPS) is 12.4. The molecule has 1 heterocycles. The molecule has 2 rings (SSSR count). The van der Waals surface area contributed by atoms with E-state index in [1.807, 2.05) is 13.1 Å². The summed E-state index contributed by atoms with van der Waals surface area (Å²) in [6.07, 6.45) is 0. The highest BCUT2D eigenvalue weighted by Crippen LogP contribution is 2.28. The molecule has 3 N–H and O–H groups in total. The van der Waals surface area contributed by atoms with Crippen molar-refractivity contribution >= 4 is 22.7 Å². The summed E-state index contributed by atoms with van der Waals surface area (Å²) in [6, 6.07) is 9.39. The predicted octanol–water partition coefficient (Wildman–Crippen LogP) is 3.13. The largest absolute Gasteiger partial charge is 0.318 e. The minimum absolute atomic E-state index is 0.0183. The summed E-state index contributed by atoms with van der Waals surface area (Å²) >= 11 is 1.72. The van der Waals surface area contributed by atoms with Crippen molar-refractivity contribution < 1.29 is 4.92 Å². The van der Waals surface area contributed by atoms with Crippen molar-refractivity contribution in [2.75, 3.05) is 12.5 Å². The second-order valence-electron chi connectivity index (χ2n) is 4.86. The molecular weight excluding hydrogens is 288 g/mol. The Morgan fingerprint density at radius 3 is 2.81 bits per heavy atom. The predicted molar refractivity (Wildman–Crippen MR) is 85.1 cm³/mol. The molecule has 0 saturated heterocycles. The van der Waals surface area contributed by atoms with Gasteiger partial charge in [-0.25, -0.2) is 0 Å². The van der Waals surface area contributed by atoms with Gasteiger partial charge in [-0.15, -0.1) is 11.3 Å². The van der Waals surface area contributed by atoms with Crippen LogP contribution in [0.1, 0.15) is 23.4 Å². The Hall–Kier alpha value is -1.96. The molecular formula is C14H18N4O2S. The lowest BCUT2D eigenvalue weighted by Gasteiger charge is -2.24. The van der Waals surface area contributed by atoms with Gasteiger partial charge in [0.1, 0.15) is 5.69 Å². The summed E-state index contributed by atoms with van der Waals surface area (Å²) in [4.78, 5) is 13.9. The smallest absolute Gasteiger partial charge is 0.293 e. The zero-order valence-electron chi connectivity index (χ0n) is 11.9. The number of anilines is 1. The third-order valence-electron chi connectivity index (χ3n) is 3.46. The Kier molecular flexibility index (Phi) is 4.89. The van der Waals surface area contributed by atoms with Crippen LogP contribution in [-0.4, -0.2) is 16.9 Å². The van der Waals surface area contributed by atoms with E-state index in [2.05, 4.69) is 28.7 Å². The Labute approximate surface area is 127 Å². The minimum Gasteiger partial charge on any atom is -0.318 e. The third-order valence-corrected chi connectivity index (χ3v) is 4.50. The van der Waals surface area contributed by atoms with Crippen LogP contribution in [-0.2, 0) is 6.54 Å². The Balaban J connectivity index is 2.14. The molecule has 1 aromatic heterocycles. The number of hydrazine groups is 1. The molecule has 112 valence electrons. The summed E-state index contributed by atoms with van der Waals surface area (Å²) in [5, 5.41) is 12.9. The first-order valence-electron chi connectivity index (χ1n) is 6.50. The molecule has 1 unspecified atom stereocenters. The molecule has 0 bridgehead atoms. The lowest BCUT2D eigenvalue weighted by molar-refractivity contribution is -0.384. The van der Waals surface area contributed by atoms with Gasteiger partial charge in [-0.2, -0.15) is 0 Å². The van der Waals surface area contributed by atoms with Crippen molar-refractivity contribution in [2.45, 2.75) is 19.5 Å². The van der Waals surface area contributed by atoms with Gasteiger partial charge in [-0.3, -0.25) is 20.9 Å². The topological polar surface area (TPSA) is 84.4 Å². The van der Waals surface area contributed by atoms with Crippen LogP contribution >= 0.6 is 11.3 Å². The lowest BCUT2D eigenvalue weighted by Crippen LogP contribution is -2.21. The average molecular weight is 306 g/mol. The number of hydrogen-bond donors (Lipinski definition) is 2. The maximum atomic E-state index is 10.9. The molecule has 6 nitrogen and oxygen atoms in total. The van der Waals surface area contributed by atoms with Crippen LogP contribution in [0.25, 0.3) is 0 Å². The molecule has 0 aliphatic rings. The monoisotopic (exact) mass is 306 g/mol. The number of nitrogen functional groups attached to an aromatic ring is 1. The Bertz CT molecular complexity index is 615. The zero-order chi connectivity index (χ0) is 15.4. The van der Waals surface area contributed by atoms with Crippen molar-refractivity contribution in [1.82, 2.24) is 4.90 Å². The van der Waals surface area contributed by atoms with Crippen molar-refractivity contribution in [1.29, 1.82) is 0 Å². The molecule has 7 heteroatoms. The van der Waals surface area contributed by atoms with Gasteiger partial charge in [0.15, 0.2) is 0 Å². The molecule has 0 aliphatic heterocycles. The molecule has 0 saturated carbocycles. The Morgan fingerprint density at radius 1 is 1.48 bits per heavy atom. The molecule has 0 spiro atoms. The van der Waals surface area contributed by atoms with Gasteiger partial charge in [-0.1, -0.05) is 12.1 Å². The summed E-state index contributed by atoms with van der Waals surface area (Å²) in [6.45, 7) is 2.82. The van der Waals surface area contributed by atoms with Gasteiger partial charge in [0.2, 0.25) is 0 Å². The molecule has 0 radical (unpaired) electrons. The number of thiophene rings is 1. The molecule has 21 heavy (non-hydrogen) atoms. The van der Waals surface area contributed by atoms with Gasteiger partial charge in [0, 0.05) is 23.5 Å². The SMILES string of the molecule is CC(c1cccs1)N(C)Cc1ccc([N+](=O)[O-])c(NN)c1. The average Bonchev–Trinajstić information content (AvgIpc) is 3.00. The number of nitrogens with one attached hydrogen (secondary N) is 1. The number of rotatable bonds is 6. The third kappa shape index (κ3) is 3.57. The van der Waals surface area contributed by atoms with E-state index in [1.165, 1.54) is 10.9 Å². The van der Waals surface area contributed by atoms with Crippen molar-refractivity contribution in [3.8, 4) is 0 Å². The molecule has 0 fully saturated rings. The van der Waals surface area contributed by atoms with E-state index in [0.29, 0.717) is 12.2 Å². The fourth-order valence-corrected chi connectivity index (χ4v) is 2.98. The number of nitro groups is 1. The summed E-state index contributed by atoms with van der Waals surface area (Å²) in [7, 11) is 2.03. The summed E-state index contributed by atoms with van der Waals surface area (Å²) in [5.74, 6) is 5.36. The first-order valence-corrected chi connectivity index (χ1v) is 7.38. The molecule has 0 aliphatic carbocycles. The van der Waals surface area contributed by atoms with Crippen LogP contribution in [0.2, 0.25) is 0 Å². The highest BCUT2D eigenvalue weighted by atomic mass is 32.1. The highest BCUT2D eigenvalue weighted by molar-refractivity contribution is 7.10.